The molecular weight excluding hydrogens is 244 g/mol. The Hall–Kier alpha value is -1.98. The van der Waals surface area contributed by atoms with Crippen LogP contribution < -0.4 is 10.1 Å². The quantitative estimate of drug-likeness (QED) is 0.823. The molecule has 0 fully saturated rings. The van der Waals surface area contributed by atoms with Crippen molar-refractivity contribution in [2.45, 2.75) is 19.8 Å². The molecule has 0 aromatic heterocycles. The average molecular weight is 257 g/mol. The van der Waals surface area contributed by atoms with E-state index in [2.05, 4.69) is 0 Å². The maximum Gasteiger partial charge on any atom is 0.381 e. The van der Waals surface area contributed by atoms with Gasteiger partial charge in [0, 0.05) is 12.6 Å². The van der Waals surface area contributed by atoms with Crippen molar-refractivity contribution in [3.63, 3.8) is 0 Å². The molecule has 98 valence electrons. The normalized spacial score (nSPS) is 10.9. The van der Waals surface area contributed by atoms with Gasteiger partial charge in [-0.15, -0.1) is 0 Å². The molecule has 0 spiro atoms. The van der Waals surface area contributed by atoms with Crippen LogP contribution in [0.3, 0.4) is 0 Å². The number of carbonyl (C=O) groups excluding carboxylic acids is 2. The number of halogens is 2. The summed E-state index contributed by atoms with van der Waals surface area (Å²) >= 11 is 0. The highest BCUT2D eigenvalue weighted by atomic mass is 19.3. The number of rotatable bonds is 5. The lowest BCUT2D eigenvalue weighted by Crippen LogP contribution is -2.40. The van der Waals surface area contributed by atoms with E-state index < -0.39 is 17.6 Å². The number of Topliss-reactive ketones (excluding diaryl/α,β-unsaturated/α-hetero) is 1. The lowest BCUT2D eigenvalue weighted by atomic mass is 10.2. The number of hydrogen-bond acceptors (Lipinski definition) is 3. The van der Waals surface area contributed by atoms with Crippen molar-refractivity contribution in [1.82, 2.24) is 0 Å². The van der Waals surface area contributed by atoms with Crippen LogP contribution in [0.25, 0.3) is 0 Å². The van der Waals surface area contributed by atoms with E-state index >= 15 is 0 Å². The summed E-state index contributed by atoms with van der Waals surface area (Å²) in [4.78, 5) is 21.8. The molecule has 1 N–H and O–H groups in total. The van der Waals surface area contributed by atoms with Crippen LogP contribution in [-0.2, 0) is 9.59 Å². The number of ketones is 1. The van der Waals surface area contributed by atoms with Crippen LogP contribution in [0.15, 0.2) is 24.3 Å². The molecule has 18 heavy (non-hydrogen) atoms. The van der Waals surface area contributed by atoms with Crippen molar-refractivity contribution in [1.29, 1.82) is 0 Å². The summed E-state index contributed by atoms with van der Waals surface area (Å²) in [7, 11) is 0. The molecule has 1 rings (SSSR count). The molecular formula is C12H13F2NO3. The SMILES string of the molecule is CCOc1ccc(NC(=O)C(F)(F)C(C)=O)cc1. The fraction of sp³-hybridized carbons (Fsp3) is 0.333. The largest absolute Gasteiger partial charge is 0.494 e. The van der Waals surface area contributed by atoms with Gasteiger partial charge in [0.1, 0.15) is 5.75 Å². The summed E-state index contributed by atoms with van der Waals surface area (Å²) in [6, 6.07) is 5.90. The van der Waals surface area contributed by atoms with E-state index in [1.165, 1.54) is 24.3 Å². The van der Waals surface area contributed by atoms with Gasteiger partial charge in [-0.05, 0) is 31.2 Å². The Balaban J connectivity index is 2.73. The number of nitrogens with one attached hydrogen (secondary N) is 1. The predicted molar refractivity (Wildman–Crippen MR) is 61.9 cm³/mol. The third kappa shape index (κ3) is 3.26. The van der Waals surface area contributed by atoms with Gasteiger partial charge in [0.25, 0.3) is 0 Å². The molecule has 0 saturated carbocycles. The van der Waals surface area contributed by atoms with Crippen LogP contribution in [0.5, 0.6) is 5.75 Å². The molecule has 1 amide bonds. The zero-order chi connectivity index (χ0) is 13.8. The first-order valence-corrected chi connectivity index (χ1v) is 5.31. The Morgan fingerprint density at radius 3 is 2.28 bits per heavy atom. The van der Waals surface area contributed by atoms with Crippen LogP contribution >= 0.6 is 0 Å². The summed E-state index contributed by atoms with van der Waals surface area (Å²) in [5.41, 5.74) is 0.171. The Kier molecular flexibility index (Phi) is 4.36. The molecule has 1 aromatic rings. The first-order chi connectivity index (χ1) is 8.37. The molecule has 0 bridgehead atoms. The van der Waals surface area contributed by atoms with E-state index in [0.717, 1.165) is 0 Å². The third-order valence-corrected chi connectivity index (χ3v) is 2.15. The molecule has 0 aliphatic rings. The first-order valence-electron chi connectivity index (χ1n) is 5.31. The minimum absolute atomic E-state index is 0.171. The van der Waals surface area contributed by atoms with Gasteiger partial charge in [-0.3, -0.25) is 9.59 Å². The van der Waals surface area contributed by atoms with Crippen molar-refractivity contribution >= 4 is 17.4 Å². The fourth-order valence-corrected chi connectivity index (χ4v) is 1.17. The van der Waals surface area contributed by atoms with Crippen molar-refractivity contribution in [2.75, 3.05) is 11.9 Å². The zero-order valence-corrected chi connectivity index (χ0v) is 10.00. The fourth-order valence-electron chi connectivity index (χ4n) is 1.17. The summed E-state index contributed by atoms with van der Waals surface area (Å²) in [5.74, 6) is -6.59. The topological polar surface area (TPSA) is 55.4 Å². The third-order valence-electron chi connectivity index (χ3n) is 2.15. The van der Waals surface area contributed by atoms with Gasteiger partial charge in [0.2, 0.25) is 5.78 Å². The second-order valence-corrected chi connectivity index (χ2v) is 3.54. The molecule has 0 radical (unpaired) electrons. The molecule has 1 aromatic carbocycles. The second kappa shape index (κ2) is 5.57. The monoisotopic (exact) mass is 257 g/mol. The van der Waals surface area contributed by atoms with Gasteiger partial charge in [0.15, 0.2) is 0 Å². The molecule has 0 heterocycles. The molecule has 6 heteroatoms. The maximum atomic E-state index is 13.0. The van der Waals surface area contributed by atoms with Crippen molar-refractivity contribution in [3.05, 3.63) is 24.3 Å². The van der Waals surface area contributed by atoms with E-state index in [1.54, 1.807) is 0 Å². The lowest BCUT2D eigenvalue weighted by Gasteiger charge is -2.13. The zero-order valence-electron chi connectivity index (χ0n) is 10.00. The highest BCUT2D eigenvalue weighted by molar-refractivity contribution is 6.11. The molecule has 0 unspecified atom stereocenters. The highest BCUT2D eigenvalue weighted by Gasteiger charge is 2.44. The van der Waals surface area contributed by atoms with Crippen LogP contribution in [0.4, 0.5) is 14.5 Å². The number of carbonyl (C=O) groups is 2. The van der Waals surface area contributed by atoms with E-state index in [0.29, 0.717) is 19.3 Å². The van der Waals surface area contributed by atoms with Crippen molar-refractivity contribution in [2.24, 2.45) is 0 Å². The Labute approximate surface area is 103 Å². The molecule has 0 aliphatic carbocycles. The summed E-state index contributed by atoms with van der Waals surface area (Å²) in [5, 5.41) is 1.97. The van der Waals surface area contributed by atoms with Crippen LogP contribution in [-0.4, -0.2) is 24.2 Å². The van der Waals surface area contributed by atoms with Crippen LogP contribution in [0.1, 0.15) is 13.8 Å². The highest BCUT2D eigenvalue weighted by Crippen LogP contribution is 2.20. The molecule has 0 atom stereocenters. The van der Waals surface area contributed by atoms with Crippen molar-refractivity contribution < 1.29 is 23.1 Å². The molecule has 4 nitrogen and oxygen atoms in total. The van der Waals surface area contributed by atoms with Crippen molar-refractivity contribution in [3.8, 4) is 5.75 Å². The number of ether oxygens (including phenoxy) is 1. The van der Waals surface area contributed by atoms with Gasteiger partial charge in [-0.1, -0.05) is 0 Å². The van der Waals surface area contributed by atoms with E-state index in [4.69, 9.17) is 4.74 Å². The second-order valence-electron chi connectivity index (χ2n) is 3.54. The molecule has 0 saturated heterocycles. The standard InChI is InChI=1S/C12H13F2NO3/c1-3-18-10-6-4-9(5-7-10)15-11(17)12(13,14)8(2)16/h4-7H,3H2,1-2H3,(H,15,17). The summed E-state index contributed by atoms with van der Waals surface area (Å²) < 4.78 is 31.2. The lowest BCUT2D eigenvalue weighted by molar-refractivity contribution is -0.153. The number of hydrogen-bond donors (Lipinski definition) is 1. The average Bonchev–Trinajstić information content (AvgIpc) is 2.31. The minimum Gasteiger partial charge on any atom is -0.494 e. The predicted octanol–water partition coefficient (Wildman–Crippen LogP) is 2.25. The first kappa shape index (κ1) is 14.1. The number of benzene rings is 1. The van der Waals surface area contributed by atoms with Gasteiger partial charge < -0.3 is 10.1 Å². The Morgan fingerprint density at radius 2 is 1.83 bits per heavy atom. The van der Waals surface area contributed by atoms with Crippen LogP contribution in [0, 0.1) is 0 Å². The minimum atomic E-state index is -4.02. The number of alkyl halides is 2. The van der Waals surface area contributed by atoms with Gasteiger partial charge in [-0.2, -0.15) is 8.78 Å². The van der Waals surface area contributed by atoms with Gasteiger partial charge in [0.05, 0.1) is 6.61 Å². The van der Waals surface area contributed by atoms with Crippen LogP contribution in [0.2, 0.25) is 0 Å². The van der Waals surface area contributed by atoms with Gasteiger partial charge >= 0.3 is 11.8 Å². The summed E-state index contributed by atoms with van der Waals surface area (Å²) in [6.07, 6.45) is 0. The number of amides is 1. The molecule has 0 aliphatic heterocycles. The van der Waals surface area contributed by atoms with E-state index in [-0.39, 0.29) is 5.69 Å². The Bertz CT molecular complexity index is 443. The smallest absolute Gasteiger partial charge is 0.381 e. The summed E-state index contributed by atoms with van der Waals surface area (Å²) in [6.45, 7) is 2.95. The van der Waals surface area contributed by atoms with Gasteiger partial charge in [-0.25, -0.2) is 0 Å². The Morgan fingerprint density at radius 1 is 1.28 bits per heavy atom. The maximum absolute atomic E-state index is 13.0. The number of anilines is 1. The van der Waals surface area contributed by atoms with E-state index in [1.807, 2.05) is 12.2 Å². The van der Waals surface area contributed by atoms with E-state index in [9.17, 15) is 18.4 Å².